The lowest BCUT2D eigenvalue weighted by molar-refractivity contribution is -0.0150. The highest BCUT2D eigenvalue weighted by molar-refractivity contribution is 7.99. The van der Waals surface area contributed by atoms with Gasteiger partial charge in [-0.3, -0.25) is 14.9 Å². The van der Waals surface area contributed by atoms with Gasteiger partial charge in [0.05, 0.1) is 24.9 Å². The number of aromatic hydroxyl groups is 1. The van der Waals surface area contributed by atoms with Crippen LogP contribution in [0.2, 0.25) is 0 Å². The molecule has 1 aromatic heterocycles. The van der Waals surface area contributed by atoms with Crippen molar-refractivity contribution in [2.45, 2.75) is 23.6 Å². The minimum Gasteiger partial charge on any atom is -0.503 e. The summed E-state index contributed by atoms with van der Waals surface area (Å²) in [7, 11) is 0. The Hall–Kier alpha value is -3.41. The first-order valence-electron chi connectivity index (χ1n) is 12.0. The number of nitrogens with zero attached hydrogens (tertiary/aromatic N) is 2. The predicted molar refractivity (Wildman–Crippen MR) is 134 cm³/mol. The number of carbonyl (C=O) groups is 1. The van der Waals surface area contributed by atoms with Gasteiger partial charge >= 0.3 is 0 Å². The number of benzene rings is 2. The van der Waals surface area contributed by atoms with Gasteiger partial charge in [-0.25, -0.2) is 8.78 Å². The van der Waals surface area contributed by atoms with Gasteiger partial charge < -0.3 is 24.6 Å². The first-order chi connectivity index (χ1) is 17.9. The molecule has 1 saturated heterocycles. The van der Waals surface area contributed by atoms with E-state index in [1.165, 1.54) is 11.1 Å². The van der Waals surface area contributed by atoms with E-state index >= 15 is 4.39 Å². The molecule has 2 unspecified atom stereocenters. The average Bonchev–Trinajstić information content (AvgIpc) is 3.04. The second-order valence-electron chi connectivity index (χ2n) is 9.15. The van der Waals surface area contributed by atoms with Crippen LogP contribution in [0.25, 0.3) is 0 Å². The smallest absolute Gasteiger partial charge is 0.275 e. The van der Waals surface area contributed by atoms with E-state index in [9.17, 15) is 19.1 Å². The van der Waals surface area contributed by atoms with Gasteiger partial charge in [0.25, 0.3) is 5.91 Å². The van der Waals surface area contributed by atoms with Crippen LogP contribution >= 0.6 is 11.8 Å². The number of halogens is 2. The number of pyridine rings is 1. The number of rotatable bonds is 3. The average molecular weight is 527 g/mol. The molecule has 0 saturated carbocycles. The van der Waals surface area contributed by atoms with Crippen LogP contribution in [-0.4, -0.2) is 59.1 Å². The van der Waals surface area contributed by atoms with Crippen LogP contribution in [0.3, 0.4) is 0 Å². The van der Waals surface area contributed by atoms with Crippen molar-refractivity contribution >= 4 is 23.4 Å². The predicted octanol–water partition coefficient (Wildman–Crippen LogP) is 2.96. The number of carbonyl (C=O) groups excluding carboxylic acids is 1. The molecule has 0 aliphatic carbocycles. The summed E-state index contributed by atoms with van der Waals surface area (Å²) in [4.78, 5) is 32.7. The lowest BCUT2D eigenvalue weighted by Gasteiger charge is -2.39. The Labute approximate surface area is 215 Å². The molecule has 0 radical (unpaired) electrons. The van der Waals surface area contributed by atoms with Gasteiger partial charge in [-0.1, -0.05) is 18.2 Å². The van der Waals surface area contributed by atoms with E-state index in [4.69, 9.17) is 4.74 Å². The third-order valence-electron chi connectivity index (χ3n) is 7.06. The lowest BCUT2D eigenvalue weighted by Crippen LogP contribution is -2.56. The Morgan fingerprint density at radius 1 is 1.16 bits per heavy atom. The normalized spacial score (nSPS) is 20.7. The zero-order chi connectivity index (χ0) is 25.7. The summed E-state index contributed by atoms with van der Waals surface area (Å²) in [5, 5.41) is 13.7. The minimum absolute atomic E-state index is 0.132. The summed E-state index contributed by atoms with van der Waals surface area (Å²) in [6.45, 7) is 1.53. The van der Waals surface area contributed by atoms with Gasteiger partial charge in [-0.05, 0) is 23.3 Å². The maximum absolute atomic E-state index is 15.2. The Morgan fingerprint density at radius 3 is 2.89 bits per heavy atom. The second kappa shape index (κ2) is 9.47. The number of aromatic amines is 1. The molecule has 8 nitrogen and oxygen atoms in total. The van der Waals surface area contributed by atoms with Crippen molar-refractivity contribution in [3.63, 3.8) is 0 Å². The number of thioether (sulfide) groups is 1. The van der Waals surface area contributed by atoms with Crippen molar-refractivity contribution in [3.05, 3.63) is 86.8 Å². The van der Waals surface area contributed by atoms with E-state index in [2.05, 4.69) is 15.2 Å². The summed E-state index contributed by atoms with van der Waals surface area (Å²) in [6, 6.07) is 9.21. The monoisotopic (exact) mass is 526 g/mol. The highest BCUT2D eigenvalue weighted by atomic mass is 32.2. The fraction of sp³-hybridized carbons (Fsp3) is 0.308. The molecule has 3 aliphatic heterocycles. The van der Waals surface area contributed by atoms with E-state index in [-0.39, 0.29) is 37.6 Å². The molecule has 11 heteroatoms. The van der Waals surface area contributed by atoms with Crippen LogP contribution in [0, 0.1) is 11.6 Å². The Balaban J connectivity index is 1.44. The van der Waals surface area contributed by atoms with Crippen molar-refractivity contribution in [2.75, 3.05) is 37.0 Å². The van der Waals surface area contributed by atoms with E-state index in [1.807, 2.05) is 18.2 Å². The summed E-state index contributed by atoms with van der Waals surface area (Å²) in [5.41, 5.74) is 1.83. The third kappa shape index (κ3) is 4.07. The molecule has 3 aliphatic rings. The number of hydrogen-bond acceptors (Lipinski definition) is 7. The van der Waals surface area contributed by atoms with Gasteiger partial charge in [-0.15, -0.1) is 11.8 Å². The molecule has 1 amide bonds. The molecule has 6 rings (SSSR count). The maximum Gasteiger partial charge on any atom is 0.275 e. The third-order valence-corrected chi connectivity index (χ3v) is 8.09. The number of para-hydroxylation sites is 1. The molecular formula is C26H24F2N4O4S. The van der Waals surface area contributed by atoms with Gasteiger partial charge in [0.15, 0.2) is 23.1 Å². The van der Waals surface area contributed by atoms with Crippen LogP contribution in [0.1, 0.15) is 33.2 Å². The van der Waals surface area contributed by atoms with Crippen molar-refractivity contribution < 1.29 is 23.4 Å². The largest absolute Gasteiger partial charge is 0.503 e. The van der Waals surface area contributed by atoms with Crippen LogP contribution in [0.4, 0.5) is 14.5 Å². The molecule has 1 fully saturated rings. The van der Waals surface area contributed by atoms with Crippen molar-refractivity contribution in [3.8, 4) is 5.75 Å². The molecule has 0 spiro atoms. The number of aromatic nitrogens is 1. The van der Waals surface area contributed by atoms with Crippen LogP contribution in [0.5, 0.6) is 5.75 Å². The number of anilines is 1. The summed E-state index contributed by atoms with van der Waals surface area (Å²) >= 11 is 1.72. The van der Waals surface area contributed by atoms with Crippen molar-refractivity contribution in [2.24, 2.45) is 0 Å². The van der Waals surface area contributed by atoms with Crippen molar-refractivity contribution in [1.82, 2.24) is 15.2 Å². The lowest BCUT2D eigenvalue weighted by atomic mass is 9.94. The highest BCUT2D eigenvalue weighted by Gasteiger charge is 2.37. The number of amides is 1. The molecular weight excluding hydrogens is 502 g/mol. The molecule has 3 aromatic rings. The molecule has 0 bridgehead atoms. The zero-order valence-electron chi connectivity index (χ0n) is 19.7. The van der Waals surface area contributed by atoms with Gasteiger partial charge in [0.2, 0.25) is 5.43 Å². The molecule has 2 aromatic carbocycles. The van der Waals surface area contributed by atoms with Crippen LogP contribution < -0.4 is 15.6 Å². The summed E-state index contributed by atoms with van der Waals surface area (Å²) in [5.74, 6) is -2.17. The number of fused-ring (bicyclic) bond motifs is 1. The molecule has 37 heavy (non-hydrogen) atoms. The van der Waals surface area contributed by atoms with Gasteiger partial charge in [0.1, 0.15) is 6.17 Å². The van der Waals surface area contributed by atoms with E-state index in [0.717, 1.165) is 34.0 Å². The number of hydrogen-bond donors (Lipinski definition) is 3. The number of morpholine rings is 1. The number of ether oxygens (including phenoxy) is 1. The topological polar surface area (TPSA) is 97.9 Å². The maximum atomic E-state index is 15.2. The zero-order valence-corrected chi connectivity index (χ0v) is 20.5. The Morgan fingerprint density at radius 2 is 2.03 bits per heavy atom. The molecule has 192 valence electrons. The summed E-state index contributed by atoms with van der Waals surface area (Å²) in [6.07, 6.45) is 0.633. The highest BCUT2D eigenvalue weighted by Crippen LogP contribution is 2.45. The summed E-state index contributed by atoms with van der Waals surface area (Å²) < 4.78 is 35.2. The standard InChI is InChI=1S/C26H24F2N4O4S/c27-17-5-4-14-16(21(17)28)12-31-9-11-37-19-3-1-2-15(24(19)31)22(14)30-20-13-36-10-8-32(20)26(35)23-25(34)18(33)6-7-29-23/h1-7,20,22,30,34H,8-13H2,(H,29,33). The molecule has 3 N–H and O–H groups in total. The fourth-order valence-corrected chi connectivity index (χ4v) is 6.38. The number of H-pyrrole nitrogens is 1. The quantitative estimate of drug-likeness (QED) is 0.483. The van der Waals surface area contributed by atoms with E-state index < -0.39 is 40.9 Å². The Bertz CT molecular complexity index is 1450. The number of nitrogens with one attached hydrogen (secondary N) is 2. The SMILES string of the molecule is O=C(c1[nH]ccc(=O)c1O)N1CCOCC1NC1c2ccc(F)c(F)c2CN2CCSc3cccc1c32. The van der Waals surface area contributed by atoms with E-state index in [1.54, 1.807) is 17.8 Å². The fourth-order valence-electron chi connectivity index (χ4n) is 5.29. The first-order valence-corrected chi connectivity index (χ1v) is 13.0. The first kappa shape index (κ1) is 24.0. The van der Waals surface area contributed by atoms with Gasteiger partial charge in [0, 0.05) is 48.1 Å². The second-order valence-corrected chi connectivity index (χ2v) is 10.3. The van der Waals surface area contributed by atoms with Crippen LogP contribution in [-0.2, 0) is 11.3 Å². The Kier molecular flexibility index (Phi) is 6.13. The molecule has 4 heterocycles. The van der Waals surface area contributed by atoms with Crippen molar-refractivity contribution in [1.29, 1.82) is 0 Å². The van der Waals surface area contributed by atoms with E-state index in [0.29, 0.717) is 12.1 Å². The van der Waals surface area contributed by atoms with Gasteiger partial charge in [-0.2, -0.15) is 0 Å². The minimum atomic E-state index is -0.906. The molecule has 2 atom stereocenters. The van der Waals surface area contributed by atoms with Crippen LogP contribution in [0.15, 0.2) is 52.3 Å².